The van der Waals surface area contributed by atoms with Crippen molar-refractivity contribution >= 4 is 28.9 Å². The molecule has 1 aromatic carbocycles. The monoisotopic (exact) mass is 404 g/mol. The molecule has 150 valence electrons. The molecule has 0 fully saturated rings. The van der Waals surface area contributed by atoms with Gasteiger partial charge in [-0.25, -0.2) is 9.97 Å². The van der Waals surface area contributed by atoms with Crippen LogP contribution in [0.5, 0.6) is 5.75 Å². The van der Waals surface area contributed by atoms with Crippen molar-refractivity contribution in [2.24, 2.45) is 0 Å². The van der Waals surface area contributed by atoms with Crippen molar-refractivity contribution in [3.63, 3.8) is 0 Å². The molecule has 1 amide bonds. The number of hydrogen-bond donors (Lipinski definition) is 3. The van der Waals surface area contributed by atoms with Gasteiger partial charge in [-0.15, -0.1) is 0 Å². The van der Waals surface area contributed by atoms with E-state index < -0.39 is 18.7 Å². The molecule has 0 radical (unpaired) electrons. The number of nitrogens with one attached hydrogen (secondary N) is 2. The number of carbonyl (C=O) groups excluding carboxylic acids is 1. The number of pyridine rings is 1. The van der Waals surface area contributed by atoms with E-state index in [9.17, 15) is 18.0 Å². The smallest absolute Gasteiger partial charge is 0.422 e. The van der Waals surface area contributed by atoms with Gasteiger partial charge in [0.2, 0.25) is 5.95 Å². The second-order valence-corrected chi connectivity index (χ2v) is 5.74. The van der Waals surface area contributed by atoms with Crippen LogP contribution in [0.15, 0.2) is 55.0 Å². The molecule has 0 saturated carbocycles. The van der Waals surface area contributed by atoms with Crippen LogP contribution in [0.2, 0.25) is 0 Å². The van der Waals surface area contributed by atoms with Crippen molar-refractivity contribution in [1.82, 2.24) is 15.0 Å². The fourth-order valence-corrected chi connectivity index (χ4v) is 2.19. The second kappa shape index (κ2) is 8.42. The fourth-order valence-electron chi connectivity index (χ4n) is 2.19. The van der Waals surface area contributed by atoms with E-state index in [1.807, 2.05) is 0 Å². The van der Waals surface area contributed by atoms with Crippen molar-refractivity contribution in [3.8, 4) is 5.75 Å². The third-order valence-electron chi connectivity index (χ3n) is 3.48. The van der Waals surface area contributed by atoms with Crippen LogP contribution in [0.25, 0.3) is 0 Å². The molecule has 2 heterocycles. The first-order valence-electron chi connectivity index (χ1n) is 8.21. The van der Waals surface area contributed by atoms with Gasteiger partial charge in [0.05, 0.1) is 6.20 Å². The number of aromatic nitrogens is 3. The Morgan fingerprint density at radius 3 is 2.59 bits per heavy atom. The number of amides is 1. The van der Waals surface area contributed by atoms with E-state index in [0.29, 0.717) is 11.4 Å². The molecule has 8 nitrogen and oxygen atoms in total. The van der Waals surface area contributed by atoms with Gasteiger partial charge in [-0.3, -0.25) is 9.78 Å². The minimum Gasteiger partial charge on any atom is -0.482 e. The summed E-state index contributed by atoms with van der Waals surface area (Å²) in [5, 5.41) is 5.35. The van der Waals surface area contributed by atoms with Crippen molar-refractivity contribution in [2.75, 3.05) is 23.0 Å². The highest BCUT2D eigenvalue weighted by molar-refractivity contribution is 6.03. The third-order valence-corrected chi connectivity index (χ3v) is 3.48. The highest BCUT2D eigenvalue weighted by Gasteiger charge is 2.29. The predicted octanol–water partition coefficient (Wildman–Crippen LogP) is 3.39. The Labute approximate surface area is 163 Å². The summed E-state index contributed by atoms with van der Waals surface area (Å²) in [5.74, 6) is -0.681. The van der Waals surface area contributed by atoms with Crippen LogP contribution in [-0.2, 0) is 0 Å². The van der Waals surface area contributed by atoms with E-state index in [4.69, 9.17) is 10.5 Å². The lowest BCUT2D eigenvalue weighted by Crippen LogP contribution is -2.21. The molecular weight excluding hydrogens is 389 g/mol. The number of anilines is 4. The first-order valence-corrected chi connectivity index (χ1v) is 8.21. The predicted molar refractivity (Wildman–Crippen MR) is 99.9 cm³/mol. The van der Waals surface area contributed by atoms with Crippen molar-refractivity contribution in [3.05, 3.63) is 60.7 Å². The molecule has 29 heavy (non-hydrogen) atoms. The van der Waals surface area contributed by atoms with Gasteiger partial charge in [0.25, 0.3) is 5.91 Å². The lowest BCUT2D eigenvalue weighted by Gasteiger charge is -2.13. The Balaban J connectivity index is 1.72. The summed E-state index contributed by atoms with van der Waals surface area (Å²) in [4.78, 5) is 24.4. The van der Waals surface area contributed by atoms with Crippen LogP contribution in [0.4, 0.5) is 36.2 Å². The zero-order chi connectivity index (χ0) is 20.9. The molecule has 0 aliphatic rings. The van der Waals surface area contributed by atoms with Crippen molar-refractivity contribution in [2.45, 2.75) is 6.18 Å². The van der Waals surface area contributed by atoms with Crippen molar-refractivity contribution in [1.29, 1.82) is 0 Å². The van der Waals surface area contributed by atoms with Crippen LogP contribution < -0.4 is 21.1 Å². The minimum absolute atomic E-state index is 0.0106. The van der Waals surface area contributed by atoms with E-state index in [-0.39, 0.29) is 23.1 Å². The number of carbonyl (C=O) groups is 1. The molecule has 0 unspecified atom stereocenters. The number of alkyl halides is 3. The molecule has 0 aliphatic heterocycles. The lowest BCUT2D eigenvalue weighted by molar-refractivity contribution is -0.153. The van der Waals surface area contributed by atoms with Gasteiger partial charge in [0.15, 0.2) is 6.61 Å². The minimum atomic E-state index is -4.51. The molecule has 0 bridgehead atoms. The second-order valence-electron chi connectivity index (χ2n) is 5.74. The number of nitrogens with two attached hydrogens (primary N) is 1. The summed E-state index contributed by atoms with van der Waals surface area (Å²) in [5.41, 5.74) is 6.84. The maximum absolute atomic E-state index is 12.5. The van der Waals surface area contributed by atoms with Gasteiger partial charge < -0.3 is 21.1 Å². The summed E-state index contributed by atoms with van der Waals surface area (Å²) >= 11 is 0. The summed E-state index contributed by atoms with van der Waals surface area (Å²) in [7, 11) is 0. The SMILES string of the molecule is Nc1ccc(Nc2nccc(C(=O)Nc3cnccc3OCC(F)(F)F)n2)cc1. The van der Waals surface area contributed by atoms with Crippen LogP contribution in [0, 0.1) is 0 Å². The van der Waals surface area contributed by atoms with Gasteiger partial charge in [0, 0.05) is 29.8 Å². The molecule has 2 aromatic heterocycles. The Kier molecular flexibility index (Phi) is 5.77. The number of nitrogens with zero attached hydrogens (tertiary/aromatic N) is 3. The highest BCUT2D eigenvalue weighted by Crippen LogP contribution is 2.26. The number of halogens is 3. The quantitative estimate of drug-likeness (QED) is 0.540. The summed E-state index contributed by atoms with van der Waals surface area (Å²) in [6, 6.07) is 9.37. The van der Waals surface area contributed by atoms with E-state index in [0.717, 1.165) is 0 Å². The first-order chi connectivity index (χ1) is 13.8. The Hall–Kier alpha value is -3.89. The number of rotatable bonds is 6. The molecule has 0 aliphatic carbocycles. The maximum atomic E-state index is 12.5. The molecule has 11 heteroatoms. The Morgan fingerprint density at radius 1 is 1.10 bits per heavy atom. The van der Waals surface area contributed by atoms with Crippen LogP contribution in [0.1, 0.15) is 10.5 Å². The van der Waals surface area contributed by atoms with E-state index in [2.05, 4.69) is 25.6 Å². The van der Waals surface area contributed by atoms with Gasteiger partial charge in [-0.1, -0.05) is 0 Å². The van der Waals surface area contributed by atoms with Crippen LogP contribution in [-0.4, -0.2) is 33.6 Å². The number of hydrogen-bond acceptors (Lipinski definition) is 7. The van der Waals surface area contributed by atoms with Gasteiger partial charge in [-0.05, 0) is 30.3 Å². The largest absolute Gasteiger partial charge is 0.482 e. The van der Waals surface area contributed by atoms with E-state index in [1.165, 1.54) is 30.7 Å². The number of ether oxygens (including phenoxy) is 1. The van der Waals surface area contributed by atoms with Crippen LogP contribution >= 0.6 is 0 Å². The van der Waals surface area contributed by atoms with Gasteiger partial charge >= 0.3 is 6.18 Å². The first kappa shape index (κ1) is 19.9. The van der Waals surface area contributed by atoms with Crippen molar-refractivity contribution < 1.29 is 22.7 Å². The van der Waals surface area contributed by atoms with Gasteiger partial charge in [-0.2, -0.15) is 13.2 Å². The summed E-state index contributed by atoms with van der Waals surface area (Å²) < 4.78 is 41.9. The molecule has 0 atom stereocenters. The zero-order valence-corrected chi connectivity index (χ0v) is 14.8. The number of benzene rings is 1. The molecule has 0 saturated heterocycles. The average Bonchev–Trinajstić information content (AvgIpc) is 2.69. The van der Waals surface area contributed by atoms with Crippen LogP contribution in [0.3, 0.4) is 0 Å². The molecule has 0 spiro atoms. The van der Waals surface area contributed by atoms with E-state index >= 15 is 0 Å². The highest BCUT2D eigenvalue weighted by atomic mass is 19.4. The summed E-state index contributed by atoms with van der Waals surface area (Å²) in [6.07, 6.45) is -0.718. The average molecular weight is 404 g/mol. The zero-order valence-electron chi connectivity index (χ0n) is 14.8. The Morgan fingerprint density at radius 2 is 1.86 bits per heavy atom. The number of nitrogen functional groups attached to an aromatic ring is 1. The third kappa shape index (κ3) is 5.79. The topological polar surface area (TPSA) is 115 Å². The lowest BCUT2D eigenvalue weighted by atomic mass is 10.3. The standard InChI is InChI=1S/C18H15F3N6O2/c19-18(20,21)10-29-15-6-7-23-9-14(15)26-16(28)13-5-8-24-17(27-13)25-12-3-1-11(22)2-4-12/h1-9H,10,22H2,(H,26,28)(H,24,25,27). The fraction of sp³-hybridized carbons (Fsp3) is 0.111. The van der Waals surface area contributed by atoms with E-state index in [1.54, 1.807) is 24.3 Å². The Bertz CT molecular complexity index is 995. The normalized spacial score (nSPS) is 11.0. The summed E-state index contributed by atoms with van der Waals surface area (Å²) in [6.45, 7) is -1.50. The molecule has 4 N–H and O–H groups in total. The van der Waals surface area contributed by atoms with Gasteiger partial charge in [0.1, 0.15) is 17.1 Å². The molecule has 3 aromatic rings. The maximum Gasteiger partial charge on any atom is 0.422 e. The molecule has 3 rings (SSSR count). The molecular formula is C18H15F3N6O2.